The lowest BCUT2D eigenvalue weighted by Gasteiger charge is -2.22. The average molecular weight is 201 g/mol. The van der Waals surface area contributed by atoms with Crippen molar-refractivity contribution in [3.05, 3.63) is 0 Å². The van der Waals surface area contributed by atoms with Crippen LogP contribution in [-0.2, 0) is 4.79 Å². The highest BCUT2D eigenvalue weighted by Gasteiger charge is 2.20. The fraction of sp³-hybridized carbons (Fsp3) is 0.900. The number of carbonyl (C=O) groups excluding carboxylic acids is 1. The van der Waals surface area contributed by atoms with Gasteiger partial charge >= 0.3 is 0 Å². The van der Waals surface area contributed by atoms with E-state index in [9.17, 15) is 4.79 Å². The van der Waals surface area contributed by atoms with Crippen LogP contribution in [0.15, 0.2) is 0 Å². The van der Waals surface area contributed by atoms with Crippen molar-refractivity contribution in [1.82, 2.24) is 5.32 Å². The van der Waals surface area contributed by atoms with E-state index in [1.165, 1.54) is 0 Å². The lowest BCUT2D eigenvalue weighted by Crippen LogP contribution is -2.43. The Kier molecular flexibility index (Phi) is 4.81. The maximum absolute atomic E-state index is 11.6. The summed E-state index contributed by atoms with van der Waals surface area (Å²) >= 11 is 1.88. The average Bonchev–Trinajstić information content (AvgIpc) is 2.15. The first-order valence-corrected chi connectivity index (χ1v) is 6.19. The van der Waals surface area contributed by atoms with E-state index in [2.05, 4.69) is 19.2 Å². The molecule has 0 aromatic rings. The summed E-state index contributed by atoms with van der Waals surface area (Å²) in [5, 5.41) is 3.27. The van der Waals surface area contributed by atoms with Crippen molar-refractivity contribution in [1.29, 1.82) is 0 Å². The number of thioether (sulfide) groups is 1. The van der Waals surface area contributed by atoms with Gasteiger partial charge in [0.05, 0.1) is 6.04 Å². The summed E-state index contributed by atoms with van der Waals surface area (Å²) in [4.78, 5) is 11.6. The maximum atomic E-state index is 11.6. The molecule has 1 N–H and O–H groups in total. The molecule has 3 heteroatoms. The molecule has 1 aliphatic heterocycles. The molecular weight excluding hydrogens is 182 g/mol. The highest BCUT2D eigenvalue weighted by Crippen LogP contribution is 2.12. The Morgan fingerprint density at radius 1 is 1.62 bits per heavy atom. The van der Waals surface area contributed by atoms with Gasteiger partial charge in [0.25, 0.3) is 0 Å². The van der Waals surface area contributed by atoms with E-state index in [1.807, 2.05) is 11.8 Å². The molecular formula is C10H19NOS. The molecule has 76 valence electrons. The van der Waals surface area contributed by atoms with Gasteiger partial charge in [0, 0.05) is 24.5 Å². The summed E-state index contributed by atoms with van der Waals surface area (Å²) in [5.41, 5.74) is 0. The van der Waals surface area contributed by atoms with Crippen molar-refractivity contribution < 1.29 is 4.79 Å². The number of ketones is 1. The van der Waals surface area contributed by atoms with Crippen molar-refractivity contribution in [3.63, 3.8) is 0 Å². The molecule has 1 heterocycles. The van der Waals surface area contributed by atoms with Crippen molar-refractivity contribution in [2.24, 2.45) is 5.92 Å². The molecule has 0 saturated carbocycles. The Labute approximate surface area is 84.9 Å². The summed E-state index contributed by atoms with van der Waals surface area (Å²) in [7, 11) is 0. The van der Waals surface area contributed by atoms with E-state index in [4.69, 9.17) is 0 Å². The number of nitrogens with one attached hydrogen (secondary N) is 1. The fourth-order valence-electron chi connectivity index (χ4n) is 1.38. The molecule has 1 atom stereocenters. The lowest BCUT2D eigenvalue weighted by atomic mass is 10.0. The third kappa shape index (κ3) is 4.14. The SMILES string of the molecule is CC(C)CCC(=O)C1CSCCN1. The van der Waals surface area contributed by atoms with E-state index in [0.717, 1.165) is 30.9 Å². The van der Waals surface area contributed by atoms with E-state index >= 15 is 0 Å². The maximum Gasteiger partial charge on any atom is 0.150 e. The highest BCUT2D eigenvalue weighted by atomic mass is 32.2. The molecule has 0 bridgehead atoms. The smallest absolute Gasteiger partial charge is 0.150 e. The van der Waals surface area contributed by atoms with Gasteiger partial charge in [-0.15, -0.1) is 0 Å². The highest BCUT2D eigenvalue weighted by molar-refractivity contribution is 7.99. The van der Waals surface area contributed by atoms with Crippen LogP contribution >= 0.6 is 11.8 Å². The van der Waals surface area contributed by atoms with Gasteiger partial charge in [-0.1, -0.05) is 13.8 Å². The molecule has 0 amide bonds. The first-order valence-electron chi connectivity index (χ1n) is 5.04. The minimum Gasteiger partial charge on any atom is -0.306 e. The molecule has 1 saturated heterocycles. The Morgan fingerprint density at radius 2 is 2.38 bits per heavy atom. The number of Topliss-reactive ketones (excluding diaryl/α,β-unsaturated/α-hetero) is 1. The van der Waals surface area contributed by atoms with E-state index in [0.29, 0.717) is 11.7 Å². The second-order valence-electron chi connectivity index (χ2n) is 3.98. The van der Waals surface area contributed by atoms with Crippen LogP contribution < -0.4 is 5.32 Å². The van der Waals surface area contributed by atoms with E-state index < -0.39 is 0 Å². The van der Waals surface area contributed by atoms with Crippen molar-refractivity contribution >= 4 is 17.5 Å². The van der Waals surface area contributed by atoms with Crippen LogP contribution in [0.25, 0.3) is 0 Å². The molecule has 1 aliphatic rings. The summed E-state index contributed by atoms with van der Waals surface area (Å²) in [5.74, 6) is 3.16. The van der Waals surface area contributed by atoms with Gasteiger partial charge in [0.15, 0.2) is 5.78 Å². The Morgan fingerprint density at radius 3 is 2.92 bits per heavy atom. The van der Waals surface area contributed by atoms with Gasteiger partial charge in [0.1, 0.15) is 0 Å². The van der Waals surface area contributed by atoms with Crippen LogP contribution in [0.1, 0.15) is 26.7 Å². The molecule has 0 radical (unpaired) electrons. The van der Waals surface area contributed by atoms with Crippen molar-refractivity contribution in [2.75, 3.05) is 18.1 Å². The normalized spacial score (nSPS) is 23.5. The standard InChI is InChI=1S/C10H19NOS/c1-8(2)3-4-10(12)9-7-13-6-5-11-9/h8-9,11H,3-7H2,1-2H3. The van der Waals surface area contributed by atoms with Gasteiger partial charge in [-0.2, -0.15) is 11.8 Å². The third-order valence-corrected chi connectivity index (χ3v) is 3.34. The van der Waals surface area contributed by atoms with Gasteiger partial charge in [-0.3, -0.25) is 4.79 Å². The number of carbonyl (C=O) groups is 1. The van der Waals surface area contributed by atoms with Gasteiger partial charge < -0.3 is 5.32 Å². The minimum atomic E-state index is 0.137. The van der Waals surface area contributed by atoms with Crippen molar-refractivity contribution in [3.8, 4) is 0 Å². The molecule has 2 nitrogen and oxygen atoms in total. The van der Waals surface area contributed by atoms with Crippen LogP contribution in [0, 0.1) is 5.92 Å². The molecule has 0 spiro atoms. The first kappa shape index (κ1) is 11.1. The van der Waals surface area contributed by atoms with E-state index in [1.54, 1.807) is 0 Å². The molecule has 1 rings (SSSR count). The topological polar surface area (TPSA) is 29.1 Å². The van der Waals surface area contributed by atoms with Gasteiger partial charge in [-0.05, 0) is 12.3 Å². The second-order valence-corrected chi connectivity index (χ2v) is 5.13. The predicted octanol–water partition coefficient (Wildman–Crippen LogP) is 1.70. The molecule has 0 aliphatic carbocycles. The van der Waals surface area contributed by atoms with Gasteiger partial charge in [-0.25, -0.2) is 0 Å². The Bertz CT molecular complexity index is 164. The second kappa shape index (κ2) is 5.66. The quantitative estimate of drug-likeness (QED) is 0.750. The van der Waals surface area contributed by atoms with Crippen LogP contribution in [0.5, 0.6) is 0 Å². The van der Waals surface area contributed by atoms with Crippen LogP contribution in [-0.4, -0.2) is 29.9 Å². The molecule has 0 aromatic carbocycles. The Hall–Kier alpha value is -0.0200. The number of rotatable bonds is 4. The van der Waals surface area contributed by atoms with Crippen molar-refractivity contribution in [2.45, 2.75) is 32.7 Å². The third-order valence-electron chi connectivity index (χ3n) is 2.28. The molecule has 1 unspecified atom stereocenters. The van der Waals surface area contributed by atoms with Gasteiger partial charge in [0.2, 0.25) is 0 Å². The van der Waals surface area contributed by atoms with Crippen LogP contribution in [0.3, 0.4) is 0 Å². The Balaban J connectivity index is 2.21. The monoisotopic (exact) mass is 201 g/mol. The summed E-state index contributed by atoms with van der Waals surface area (Å²) in [6, 6.07) is 0.137. The number of hydrogen-bond acceptors (Lipinski definition) is 3. The largest absolute Gasteiger partial charge is 0.306 e. The number of hydrogen-bond donors (Lipinski definition) is 1. The predicted molar refractivity (Wildman–Crippen MR) is 58.2 cm³/mol. The fourth-order valence-corrected chi connectivity index (χ4v) is 2.35. The van der Waals surface area contributed by atoms with Crippen LogP contribution in [0.4, 0.5) is 0 Å². The first-order chi connectivity index (χ1) is 6.20. The molecule has 13 heavy (non-hydrogen) atoms. The summed E-state index contributed by atoms with van der Waals surface area (Å²) in [6.45, 7) is 5.31. The summed E-state index contributed by atoms with van der Waals surface area (Å²) < 4.78 is 0. The minimum absolute atomic E-state index is 0.137. The van der Waals surface area contributed by atoms with E-state index in [-0.39, 0.29) is 6.04 Å². The molecule has 0 aromatic heterocycles. The zero-order valence-electron chi connectivity index (χ0n) is 8.51. The zero-order valence-corrected chi connectivity index (χ0v) is 9.32. The van der Waals surface area contributed by atoms with Crippen LogP contribution in [0.2, 0.25) is 0 Å². The summed E-state index contributed by atoms with van der Waals surface area (Å²) in [6.07, 6.45) is 1.78. The lowest BCUT2D eigenvalue weighted by molar-refractivity contribution is -0.120. The molecule has 1 fully saturated rings. The zero-order chi connectivity index (χ0) is 9.68.